The topological polar surface area (TPSA) is 75.2 Å². The number of halogens is 2. The number of pyridine rings is 1. The molecule has 1 saturated carbocycles. The van der Waals surface area contributed by atoms with E-state index in [2.05, 4.69) is 25.5 Å². The lowest BCUT2D eigenvalue weighted by Crippen LogP contribution is -2.44. The molecule has 2 aromatic heterocycles. The van der Waals surface area contributed by atoms with Gasteiger partial charge in [0.05, 0.1) is 11.2 Å². The first-order valence-electron chi connectivity index (χ1n) is 10.5. The van der Waals surface area contributed by atoms with Crippen LogP contribution in [0.25, 0.3) is 11.0 Å². The van der Waals surface area contributed by atoms with Gasteiger partial charge in [-0.25, -0.2) is 19.3 Å². The monoisotopic (exact) mass is 424 g/mol. The fourth-order valence-electron chi connectivity index (χ4n) is 4.40. The molecule has 9 heteroatoms. The quantitative estimate of drug-likeness (QED) is 0.649. The Morgan fingerprint density at radius 1 is 1.16 bits per heavy atom. The summed E-state index contributed by atoms with van der Waals surface area (Å²) in [5.74, 6) is -0.921. The third-order valence-corrected chi connectivity index (χ3v) is 6.43. The molecule has 0 radical (unpaired) electrons. The van der Waals surface area contributed by atoms with Crippen molar-refractivity contribution in [2.45, 2.75) is 43.9 Å². The highest BCUT2D eigenvalue weighted by Gasteiger charge is 2.41. The Kier molecular flexibility index (Phi) is 4.05. The first kappa shape index (κ1) is 18.7. The zero-order chi connectivity index (χ0) is 21.2. The fraction of sp³-hybridized carbons (Fsp3) is 0.409. The van der Waals surface area contributed by atoms with Gasteiger partial charge in [0, 0.05) is 25.2 Å². The van der Waals surface area contributed by atoms with Gasteiger partial charge in [0.2, 0.25) is 5.82 Å². The molecule has 2 aliphatic heterocycles. The second kappa shape index (κ2) is 6.71. The van der Waals surface area contributed by atoms with Gasteiger partial charge in [-0.2, -0.15) is 4.39 Å². The molecule has 0 amide bonds. The molecule has 31 heavy (non-hydrogen) atoms. The van der Waals surface area contributed by atoms with Crippen molar-refractivity contribution in [3.8, 4) is 5.75 Å². The third kappa shape index (κ3) is 3.23. The molecule has 2 atom stereocenters. The molecule has 2 bridgehead atoms. The van der Waals surface area contributed by atoms with Crippen molar-refractivity contribution < 1.29 is 13.5 Å². The zero-order valence-electron chi connectivity index (χ0n) is 17.0. The predicted octanol–water partition coefficient (Wildman–Crippen LogP) is 3.53. The summed E-state index contributed by atoms with van der Waals surface area (Å²) in [4.78, 5) is 15.6. The van der Waals surface area contributed by atoms with Crippen LogP contribution in [0.1, 0.15) is 26.2 Å². The van der Waals surface area contributed by atoms with Gasteiger partial charge in [0.15, 0.2) is 17.4 Å². The van der Waals surface area contributed by atoms with Gasteiger partial charge in [-0.3, -0.25) is 0 Å². The SMILES string of the molecule is CC1(Oc2ccc(Nc3ncnc4ccc(N5C[C@@H]6C[C@H]5CN6)nc34)c(F)c2F)CC1. The summed E-state index contributed by atoms with van der Waals surface area (Å²) in [7, 11) is 0. The molecule has 0 spiro atoms. The molecule has 0 unspecified atom stereocenters. The van der Waals surface area contributed by atoms with Crippen molar-refractivity contribution in [1.29, 1.82) is 0 Å². The number of fused-ring (bicyclic) bond motifs is 3. The van der Waals surface area contributed by atoms with Crippen molar-refractivity contribution >= 4 is 28.4 Å². The number of anilines is 3. The summed E-state index contributed by atoms with van der Waals surface area (Å²) in [6.45, 7) is 3.73. The van der Waals surface area contributed by atoms with Crippen LogP contribution in [0.4, 0.5) is 26.1 Å². The Hall–Kier alpha value is -3.07. The second-order valence-corrected chi connectivity index (χ2v) is 8.82. The number of ether oxygens (including phenoxy) is 1. The fourth-order valence-corrected chi connectivity index (χ4v) is 4.40. The summed E-state index contributed by atoms with van der Waals surface area (Å²) in [6, 6.07) is 7.65. The average molecular weight is 424 g/mol. The summed E-state index contributed by atoms with van der Waals surface area (Å²) < 4.78 is 35.0. The van der Waals surface area contributed by atoms with Crippen molar-refractivity contribution in [2.75, 3.05) is 23.3 Å². The summed E-state index contributed by atoms with van der Waals surface area (Å²) in [5, 5.41) is 6.38. The Balaban J connectivity index is 1.33. The van der Waals surface area contributed by atoms with Crippen LogP contribution in [-0.2, 0) is 0 Å². The molecule has 3 fully saturated rings. The van der Waals surface area contributed by atoms with E-state index in [-0.39, 0.29) is 11.4 Å². The highest BCUT2D eigenvalue weighted by Crippen LogP contribution is 2.41. The Labute approximate surface area is 177 Å². The molecule has 3 aromatic rings. The molecule has 1 aliphatic carbocycles. The summed E-state index contributed by atoms with van der Waals surface area (Å²) in [5.41, 5.74) is 0.727. The van der Waals surface area contributed by atoms with Crippen LogP contribution < -0.4 is 20.3 Å². The number of piperazine rings is 1. The number of aromatic nitrogens is 3. The standard InChI is InChI=1S/C22H22F2N6O/c1-22(6-7-22)31-16-4-2-14(18(23)19(16)24)28-21-20-15(26-11-27-21)3-5-17(29-20)30-10-12-8-13(30)9-25-12/h2-5,11-13,25H,6-10H2,1H3,(H,26,27,28)/t12-,13-/m0/s1. The van der Waals surface area contributed by atoms with Gasteiger partial charge in [-0.15, -0.1) is 0 Å². The van der Waals surface area contributed by atoms with Crippen LogP contribution in [0.2, 0.25) is 0 Å². The lowest BCUT2D eigenvalue weighted by atomic mass is 10.2. The van der Waals surface area contributed by atoms with Gasteiger partial charge in [0.25, 0.3) is 0 Å². The van der Waals surface area contributed by atoms with Gasteiger partial charge in [-0.1, -0.05) is 0 Å². The Morgan fingerprint density at radius 2 is 2.03 bits per heavy atom. The molecule has 4 heterocycles. The molecule has 6 rings (SSSR count). The van der Waals surface area contributed by atoms with E-state index in [0.29, 0.717) is 28.9 Å². The lowest BCUT2D eigenvalue weighted by Gasteiger charge is -2.28. The second-order valence-electron chi connectivity index (χ2n) is 8.82. The first-order valence-corrected chi connectivity index (χ1v) is 10.5. The van der Waals surface area contributed by atoms with Gasteiger partial charge >= 0.3 is 0 Å². The number of hydrogen-bond donors (Lipinski definition) is 2. The molecular formula is C22H22F2N6O. The predicted molar refractivity (Wildman–Crippen MR) is 113 cm³/mol. The molecule has 2 saturated heterocycles. The van der Waals surface area contributed by atoms with Crippen molar-refractivity contribution in [3.63, 3.8) is 0 Å². The van der Waals surface area contributed by atoms with Gasteiger partial charge < -0.3 is 20.3 Å². The van der Waals surface area contributed by atoms with Crippen LogP contribution in [-0.4, -0.2) is 45.7 Å². The van der Waals surface area contributed by atoms with Crippen LogP contribution in [0.3, 0.4) is 0 Å². The van der Waals surface area contributed by atoms with Crippen LogP contribution in [0, 0.1) is 11.6 Å². The van der Waals surface area contributed by atoms with Crippen molar-refractivity contribution in [3.05, 3.63) is 42.2 Å². The smallest absolute Gasteiger partial charge is 0.202 e. The number of benzene rings is 1. The summed E-state index contributed by atoms with van der Waals surface area (Å²) >= 11 is 0. The van der Waals surface area contributed by atoms with Crippen molar-refractivity contribution in [1.82, 2.24) is 20.3 Å². The molecule has 1 aromatic carbocycles. The van der Waals surface area contributed by atoms with Gasteiger partial charge in [-0.05, 0) is 50.5 Å². The maximum absolute atomic E-state index is 14.8. The lowest BCUT2D eigenvalue weighted by molar-refractivity contribution is 0.189. The third-order valence-electron chi connectivity index (χ3n) is 6.43. The molecule has 2 N–H and O–H groups in total. The highest BCUT2D eigenvalue weighted by molar-refractivity contribution is 5.88. The highest BCUT2D eigenvalue weighted by atomic mass is 19.2. The number of nitrogens with zero attached hydrogens (tertiary/aromatic N) is 4. The molecular weight excluding hydrogens is 402 g/mol. The maximum Gasteiger partial charge on any atom is 0.202 e. The number of nitrogens with one attached hydrogen (secondary N) is 2. The van der Waals surface area contributed by atoms with E-state index in [9.17, 15) is 8.78 Å². The van der Waals surface area contributed by atoms with E-state index in [1.807, 2.05) is 19.1 Å². The molecule has 160 valence electrons. The summed E-state index contributed by atoms with van der Waals surface area (Å²) in [6.07, 6.45) is 4.16. The molecule has 7 nitrogen and oxygen atoms in total. The minimum atomic E-state index is -1.01. The normalized spacial score (nSPS) is 23.4. The Morgan fingerprint density at radius 3 is 2.77 bits per heavy atom. The first-order chi connectivity index (χ1) is 15.0. The Bertz CT molecular complexity index is 1180. The van der Waals surface area contributed by atoms with Crippen LogP contribution in [0.15, 0.2) is 30.6 Å². The van der Waals surface area contributed by atoms with Crippen LogP contribution >= 0.6 is 0 Å². The largest absolute Gasteiger partial charge is 0.484 e. The van der Waals surface area contributed by atoms with E-state index in [1.54, 1.807) is 0 Å². The minimum absolute atomic E-state index is 0.0255. The number of hydrogen-bond acceptors (Lipinski definition) is 7. The van der Waals surface area contributed by atoms with E-state index in [1.165, 1.54) is 18.5 Å². The van der Waals surface area contributed by atoms with E-state index in [4.69, 9.17) is 9.72 Å². The minimum Gasteiger partial charge on any atom is -0.484 e. The maximum atomic E-state index is 14.8. The molecule has 3 aliphatic rings. The van der Waals surface area contributed by atoms with E-state index >= 15 is 0 Å². The zero-order valence-corrected chi connectivity index (χ0v) is 17.0. The number of rotatable bonds is 5. The van der Waals surface area contributed by atoms with Crippen LogP contribution in [0.5, 0.6) is 5.75 Å². The van der Waals surface area contributed by atoms with Crippen molar-refractivity contribution in [2.24, 2.45) is 0 Å². The average Bonchev–Trinajstić information content (AvgIpc) is 3.16. The van der Waals surface area contributed by atoms with Gasteiger partial charge in [0.1, 0.15) is 23.3 Å². The van der Waals surface area contributed by atoms with E-state index < -0.39 is 17.2 Å². The van der Waals surface area contributed by atoms with E-state index in [0.717, 1.165) is 38.2 Å².